The van der Waals surface area contributed by atoms with E-state index in [2.05, 4.69) is 4.36 Å². The zero-order valence-electron chi connectivity index (χ0n) is 9.62. The van der Waals surface area contributed by atoms with Crippen molar-refractivity contribution in [2.24, 2.45) is 4.36 Å². The smallest absolute Gasteiger partial charge is 0.238 e. The number of hydrogen-bond acceptors (Lipinski definition) is 5. The van der Waals surface area contributed by atoms with Gasteiger partial charge in [-0.15, -0.1) is 0 Å². The number of nitriles is 2. The maximum absolute atomic E-state index is 12.0. The van der Waals surface area contributed by atoms with E-state index in [0.29, 0.717) is 5.56 Å². The van der Waals surface area contributed by atoms with Crippen LogP contribution in [-0.2, 0) is 9.62 Å². The molecule has 0 aromatic heterocycles. The van der Waals surface area contributed by atoms with Crippen LogP contribution in [0.25, 0.3) is 0 Å². The number of allylic oxidation sites excluding steroid dienone is 1. The van der Waals surface area contributed by atoms with Gasteiger partial charge in [0, 0.05) is 21.4 Å². The Hall–Kier alpha value is -2.44. The molecule has 0 aliphatic heterocycles. The summed E-state index contributed by atoms with van der Waals surface area (Å²) >= 11 is 0. The van der Waals surface area contributed by atoms with Gasteiger partial charge in [0.2, 0.25) is 5.12 Å². The summed E-state index contributed by atoms with van der Waals surface area (Å²) in [6, 6.07) is 11.6. The first-order valence-electron chi connectivity index (χ1n) is 4.86. The van der Waals surface area contributed by atoms with E-state index in [-0.39, 0.29) is 5.57 Å². The zero-order chi connectivity index (χ0) is 13.6. The third-order valence-corrected chi connectivity index (χ3v) is 3.49. The highest BCUT2D eigenvalue weighted by molar-refractivity contribution is 8.08. The molecule has 18 heavy (non-hydrogen) atoms. The molecule has 0 spiro atoms. The minimum Gasteiger partial charge on any atom is -0.280 e. The van der Waals surface area contributed by atoms with E-state index in [1.54, 1.807) is 42.5 Å². The van der Waals surface area contributed by atoms with Crippen molar-refractivity contribution in [1.29, 1.82) is 15.3 Å². The summed E-state index contributed by atoms with van der Waals surface area (Å²) in [5.74, 6) is 0. The van der Waals surface area contributed by atoms with Gasteiger partial charge < -0.3 is 0 Å². The van der Waals surface area contributed by atoms with Crippen LogP contribution in [0.5, 0.6) is 0 Å². The summed E-state index contributed by atoms with van der Waals surface area (Å²) in [5, 5.41) is 16.7. The Morgan fingerprint density at radius 1 is 1.33 bits per heavy atom. The Morgan fingerprint density at radius 2 is 1.89 bits per heavy atom. The molecule has 5 nitrogen and oxygen atoms in total. The molecule has 1 N–H and O–H groups in total. The number of hydrogen-bond donors (Lipinski definition) is 1. The maximum atomic E-state index is 12.0. The van der Waals surface area contributed by atoms with Crippen LogP contribution in [0.15, 0.2) is 46.5 Å². The predicted octanol–water partition coefficient (Wildman–Crippen LogP) is 2.49. The number of carbonyl (C=O) groups is 1. The van der Waals surface area contributed by atoms with Crippen LogP contribution in [-0.4, -0.2) is 11.4 Å². The van der Waals surface area contributed by atoms with Crippen LogP contribution < -0.4 is 0 Å². The highest BCUT2D eigenvalue weighted by Gasteiger charge is 2.12. The minimum atomic E-state index is -2.67. The summed E-state index contributed by atoms with van der Waals surface area (Å²) in [4.78, 5) is 12.0. The van der Waals surface area contributed by atoms with E-state index < -0.39 is 14.7 Å². The van der Waals surface area contributed by atoms with Crippen molar-refractivity contribution in [1.82, 2.24) is 0 Å². The van der Waals surface area contributed by atoms with Crippen LogP contribution in [0.4, 0.5) is 0 Å². The van der Waals surface area contributed by atoms with E-state index in [1.807, 2.05) is 0 Å². The quantitative estimate of drug-likeness (QED) is 0.824. The predicted molar refractivity (Wildman–Crippen MR) is 68.5 cm³/mol. The fraction of sp³-hybridized carbons (Fsp3) is 0.0833. The van der Waals surface area contributed by atoms with Gasteiger partial charge in [-0.1, -0.05) is 30.3 Å². The zero-order valence-corrected chi connectivity index (χ0v) is 10.4. The first-order chi connectivity index (χ1) is 8.51. The lowest BCUT2D eigenvalue weighted by atomic mass is 10.2. The van der Waals surface area contributed by atoms with Crippen molar-refractivity contribution in [3.63, 3.8) is 0 Å². The molecule has 0 amide bonds. The molecule has 0 aliphatic rings. The first-order valence-corrected chi connectivity index (χ1v) is 6.86. The van der Waals surface area contributed by atoms with Crippen LogP contribution in [0.3, 0.4) is 0 Å². The van der Waals surface area contributed by atoms with Gasteiger partial charge in [0.15, 0.2) is 0 Å². The molecule has 0 fully saturated rings. The largest absolute Gasteiger partial charge is 0.280 e. The summed E-state index contributed by atoms with van der Waals surface area (Å²) in [7, 11) is -2.67. The minimum absolute atomic E-state index is 0.221. The third-order valence-electron chi connectivity index (χ3n) is 2.00. The normalized spacial score (nSPS) is 12.4. The highest BCUT2D eigenvalue weighted by Crippen LogP contribution is 2.08. The number of benzene rings is 1. The number of rotatable bonds is 2. The van der Waals surface area contributed by atoms with E-state index in [1.165, 1.54) is 6.26 Å². The molecule has 1 rings (SSSR count). The lowest BCUT2D eigenvalue weighted by Gasteiger charge is -2.04. The molecule has 1 aromatic carbocycles. The van der Waals surface area contributed by atoms with Crippen molar-refractivity contribution in [3.8, 4) is 12.1 Å². The highest BCUT2D eigenvalue weighted by atomic mass is 32.2. The average molecular weight is 258 g/mol. The molecule has 1 aromatic rings. The van der Waals surface area contributed by atoms with Gasteiger partial charge in [-0.05, 0) is 0 Å². The topological polar surface area (TPSA) is 101 Å². The maximum Gasteiger partial charge on any atom is 0.238 e. The summed E-state index contributed by atoms with van der Waals surface area (Å²) < 4.78 is 11.7. The van der Waals surface area contributed by atoms with E-state index in [4.69, 9.17) is 15.3 Å². The van der Waals surface area contributed by atoms with Crippen molar-refractivity contribution in [2.45, 2.75) is 0 Å². The second-order valence-electron chi connectivity index (χ2n) is 3.40. The first kappa shape index (κ1) is 13.6. The van der Waals surface area contributed by atoms with Gasteiger partial charge in [0.05, 0.1) is 6.20 Å². The van der Waals surface area contributed by atoms with Crippen LogP contribution in [0.2, 0.25) is 0 Å². The Bertz CT molecular complexity index is 667. The monoisotopic (exact) mass is 258 g/mol. The molecule has 0 bridgehead atoms. The van der Waals surface area contributed by atoms with Gasteiger partial charge in [-0.3, -0.25) is 9.57 Å². The van der Waals surface area contributed by atoms with E-state index in [0.717, 1.165) is 6.20 Å². The third kappa shape index (κ3) is 3.27. The summed E-state index contributed by atoms with van der Waals surface area (Å²) in [5.41, 5.74) is 0.180. The van der Waals surface area contributed by atoms with E-state index in [9.17, 15) is 4.79 Å². The molecule has 0 heterocycles. The van der Waals surface area contributed by atoms with Crippen LogP contribution in [0, 0.1) is 27.4 Å². The van der Waals surface area contributed by atoms with Crippen molar-refractivity contribution >= 4 is 14.7 Å². The van der Waals surface area contributed by atoms with Gasteiger partial charge in [0.25, 0.3) is 0 Å². The van der Waals surface area contributed by atoms with Gasteiger partial charge in [-0.25, -0.2) is 4.36 Å². The van der Waals surface area contributed by atoms with Crippen molar-refractivity contribution in [2.75, 3.05) is 6.26 Å². The van der Waals surface area contributed by atoms with Gasteiger partial charge >= 0.3 is 0 Å². The van der Waals surface area contributed by atoms with Crippen molar-refractivity contribution in [3.05, 3.63) is 47.7 Å². The molecular weight excluding hydrogens is 248 g/mol. The SMILES string of the molecule is CS(=N)(=NC=C(C#N)C#N)C(=O)c1ccccc1. The fourth-order valence-corrected chi connectivity index (χ4v) is 2.10. The van der Waals surface area contributed by atoms with Crippen LogP contribution >= 0.6 is 0 Å². The molecule has 0 saturated carbocycles. The van der Waals surface area contributed by atoms with Gasteiger partial charge in [0.1, 0.15) is 17.7 Å². The average Bonchev–Trinajstić information content (AvgIpc) is 2.40. The molecule has 1 atom stereocenters. The number of nitrogens with one attached hydrogen (secondary N) is 1. The lowest BCUT2D eigenvalue weighted by Crippen LogP contribution is -2.10. The molecular formula is C12H10N4OS. The standard InChI is InChI=1S/C12H10N4OS/c1-18(15,16-9-10(7-13)8-14)12(17)11-5-3-2-4-6-11/h2-6,9,15H,1H3. The summed E-state index contributed by atoms with van der Waals surface area (Å²) in [6.45, 7) is 0. The van der Waals surface area contributed by atoms with Crippen LogP contribution in [0.1, 0.15) is 10.4 Å². The molecule has 6 heteroatoms. The number of nitrogens with zero attached hydrogens (tertiary/aromatic N) is 3. The number of carbonyl (C=O) groups excluding carboxylic acids is 1. The van der Waals surface area contributed by atoms with Gasteiger partial charge in [-0.2, -0.15) is 10.5 Å². The second kappa shape index (κ2) is 5.76. The summed E-state index contributed by atoms with van der Waals surface area (Å²) in [6.07, 6.45) is 2.38. The Balaban J connectivity index is 3.18. The molecule has 0 radical (unpaired) electrons. The van der Waals surface area contributed by atoms with Crippen molar-refractivity contribution < 1.29 is 4.79 Å². The Kier molecular flexibility index (Phi) is 4.36. The fourth-order valence-electron chi connectivity index (χ4n) is 1.09. The molecule has 90 valence electrons. The molecule has 0 aliphatic carbocycles. The van der Waals surface area contributed by atoms with E-state index >= 15 is 0 Å². The Labute approximate surface area is 106 Å². The Morgan fingerprint density at radius 3 is 2.39 bits per heavy atom. The molecule has 0 saturated heterocycles. The second-order valence-corrected chi connectivity index (χ2v) is 5.73. The molecule has 1 unspecified atom stereocenters. The lowest BCUT2D eigenvalue weighted by molar-refractivity contribution is 0.108.